The maximum Gasteiger partial charge on any atom is 0.305 e. The summed E-state index contributed by atoms with van der Waals surface area (Å²) >= 11 is 0. The van der Waals surface area contributed by atoms with E-state index in [-0.39, 0.29) is 5.97 Å². The average molecular weight is 214 g/mol. The molecule has 0 aromatic rings. The number of esters is 1. The van der Waals surface area contributed by atoms with E-state index in [1.54, 1.807) is 0 Å². The van der Waals surface area contributed by atoms with Crippen LogP contribution >= 0.6 is 0 Å². The van der Waals surface area contributed by atoms with Gasteiger partial charge < -0.3 is 9.47 Å². The minimum atomic E-state index is -0.0936. The molecule has 1 aliphatic rings. The fraction of sp³-hybridized carbons (Fsp3) is 0.917. The number of hydrogen-bond acceptors (Lipinski definition) is 3. The summed E-state index contributed by atoms with van der Waals surface area (Å²) in [5.74, 6) is -0.0936. The number of unbranched alkanes of at least 4 members (excludes halogenated alkanes) is 1. The maximum atomic E-state index is 10.8. The van der Waals surface area contributed by atoms with Gasteiger partial charge in [-0.3, -0.25) is 4.79 Å². The van der Waals surface area contributed by atoms with Crippen LogP contribution < -0.4 is 0 Å². The van der Waals surface area contributed by atoms with Crippen molar-refractivity contribution in [2.45, 2.75) is 58.0 Å². The van der Waals surface area contributed by atoms with Crippen LogP contribution in [0.2, 0.25) is 0 Å². The van der Waals surface area contributed by atoms with Crippen LogP contribution in [0.1, 0.15) is 51.9 Å². The lowest BCUT2D eigenvalue weighted by atomic mass is 10.0. The Labute approximate surface area is 92.1 Å². The van der Waals surface area contributed by atoms with Crippen molar-refractivity contribution in [3.63, 3.8) is 0 Å². The van der Waals surface area contributed by atoms with Crippen molar-refractivity contribution in [3.05, 3.63) is 0 Å². The van der Waals surface area contributed by atoms with E-state index in [1.807, 2.05) is 6.92 Å². The van der Waals surface area contributed by atoms with Crippen molar-refractivity contribution in [3.8, 4) is 0 Å². The average Bonchev–Trinajstić information content (AvgIpc) is 2.29. The van der Waals surface area contributed by atoms with Crippen LogP contribution in [0, 0.1) is 0 Å². The lowest BCUT2D eigenvalue weighted by molar-refractivity contribution is -0.143. The molecule has 0 aromatic carbocycles. The second-order valence-corrected chi connectivity index (χ2v) is 4.06. The Kier molecular flexibility index (Phi) is 6.41. The van der Waals surface area contributed by atoms with E-state index >= 15 is 0 Å². The van der Waals surface area contributed by atoms with Crippen molar-refractivity contribution < 1.29 is 14.3 Å². The fourth-order valence-electron chi connectivity index (χ4n) is 1.80. The van der Waals surface area contributed by atoms with E-state index in [9.17, 15) is 4.79 Å². The standard InChI is InChI=1S/C12H22O3/c1-2-12(13)15-10-6-4-8-11-7-3-5-9-14-11/h11H,2-10H2,1H3. The van der Waals surface area contributed by atoms with Crippen LogP contribution in [0.3, 0.4) is 0 Å². The van der Waals surface area contributed by atoms with E-state index in [0.717, 1.165) is 25.9 Å². The molecule has 1 saturated heterocycles. The van der Waals surface area contributed by atoms with Gasteiger partial charge >= 0.3 is 5.97 Å². The molecule has 3 nitrogen and oxygen atoms in total. The Morgan fingerprint density at radius 2 is 2.27 bits per heavy atom. The first-order valence-electron chi connectivity index (χ1n) is 6.10. The van der Waals surface area contributed by atoms with Gasteiger partial charge in [-0.25, -0.2) is 0 Å². The summed E-state index contributed by atoms with van der Waals surface area (Å²) < 4.78 is 10.6. The molecule has 0 bridgehead atoms. The topological polar surface area (TPSA) is 35.5 Å². The molecule has 0 spiro atoms. The van der Waals surface area contributed by atoms with Crippen LogP contribution in [-0.4, -0.2) is 25.3 Å². The van der Waals surface area contributed by atoms with Crippen LogP contribution in [0.25, 0.3) is 0 Å². The molecular weight excluding hydrogens is 192 g/mol. The summed E-state index contributed by atoms with van der Waals surface area (Å²) in [6, 6.07) is 0. The van der Waals surface area contributed by atoms with E-state index in [4.69, 9.17) is 9.47 Å². The summed E-state index contributed by atoms with van der Waals surface area (Å²) in [5, 5.41) is 0. The molecule has 88 valence electrons. The maximum absolute atomic E-state index is 10.8. The highest BCUT2D eigenvalue weighted by atomic mass is 16.5. The molecule has 0 aromatic heterocycles. The SMILES string of the molecule is CCC(=O)OCCCCC1CCCCO1. The molecule has 1 rings (SSSR count). The monoisotopic (exact) mass is 214 g/mol. The summed E-state index contributed by atoms with van der Waals surface area (Å²) in [4.78, 5) is 10.8. The Morgan fingerprint density at radius 1 is 1.40 bits per heavy atom. The Hall–Kier alpha value is -0.570. The second-order valence-electron chi connectivity index (χ2n) is 4.06. The third kappa shape index (κ3) is 5.78. The van der Waals surface area contributed by atoms with Crippen LogP contribution in [0.5, 0.6) is 0 Å². The zero-order valence-electron chi connectivity index (χ0n) is 9.67. The molecule has 0 N–H and O–H groups in total. The van der Waals surface area contributed by atoms with Gasteiger partial charge in [0.15, 0.2) is 0 Å². The summed E-state index contributed by atoms with van der Waals surface area (Å²) in [5.41, 5.74) is 0. The first kappa shape index (κ1) is 12.5. The third-order valence-electron chi connectivity index (χ3n) is 2.75. The molecule has 0 aliphatic carbocycles. The van der Waals surface area contributed by atoms with Crippen molar-refractivity contribution in [2.75, 3.05) is 13.2 Å². The molecule has 1 heterocycles. The molecule has 1 aliphatic heterocycles. The lowest BCUT2D eigenvalue weighted by Crippen LogP contribution is -2.18. The molecule has 3 heteroatoms. The van der Waals surface area contributed by atoms with Crippen LogP contribution in [0.4, 0.5) is 0 Å². The molecule has 1 unspecified atom stereocenters. The van der Waals surface area contributed by atoms with Crippen molar-refractivity contribution >= 4 is 5.97 Å². The summed E-state index contributed by atoms with van der Waals surface area (Å²) in [6.45, 7) is 3.31. The normalized spacial score (nSPS) is 21.3. The Bertz CT molecular complexity index is 174. The quantitative estimate of drug-likeness (QED) is 0.503. The molecular formula is C12H22O3. The largest absolute Gasteiger partial charge is 0.466 e. The summed E-state index contributed by atoms with van der Waals surface area (Å²) in [7, 11) is 0. The minimum Gasteiger partial charge on any atom is -0.466 e. The Morgan fingerprint density at radius 3 is 2.93 bits per heavy atom. The van der Waals surface area contributed by atoms with Gasteiger partial charge in [-0.1, -0.05) is 6.92 Å². The van der Waals surface area contributed by atoms with Gasteiger partial charge in [0.2, 0.25) is 0 Å². The van der Waals surface area contributed by atoms with Gasteiger partial charge in [-0.15, -0.1) is 0 Å². The van der Waals surface area contributed by atoms with Crippen LogP contribution in [-0.2, 0) is 14.3 Å². The number of hydrogen-bond donors (Lipinski definition) is 0. The highest BCUT2D eigenvalue weighted by molar-refractivity contribution is 5.68. The zero-order chi connectivity index (χ0) is 10.9. The van der Waals surface area contributed by atoms with E-state index in [1.165, 1.54) is 19.3 Å². The molecule has 0 amide bonds. The van der Waals surface area contributed by atoms with Gasteiger partial charge in [-0.05, 0) is 38.5 Å². The van der Waals surface area contributed by atoms with E-state index in [2.05, 4.69) is 0 Å². The number of ether oxygens (including phenoxy) is 2. The predicted molar refractivity (Wildman–Crippen MR) is 58.7 cm³/mol. The van der Waals surface area contributed by atoms with E-state index < -0.39 is 0 Å². The van der Waals surface area contributed by atoms with Gasteiger partial charge in [0.1, 0.15) is 0 Å². The predicted octanol–water partition coefficient (Wildman–Crippen LogP) is 2.68. The highest BCUT2D eigenvalue weighted by Crippen LogP contribution is 2.17. The van der Waals surface area contributed by atoms with Gasteiger partial charge in [-0.2, -0.15) is 0 Å². The van der Waals surface area contributed by atoms with E-state index in [0.29, 0.717) is 19.1 Å². The van der Waals surface area contributed by atoms with Gasteiger partial charge in [0.05, 0.1) is 12.7 Å². The van der Waals surface area contributed by atoms with Crippen molar-refractivity contribution in [1.82, 2.24) is 0 Å². The molecule has 15 heavy (non-hydrogen) atoms. The second kappa shape index (κ2) is 7.69. The highest BCUT2D eigenvalue weighted by Gasteiger charge is 2.12. The molecule has 0 radical (unpaired) electrons. The first-order chi connectivity index (χ1) is 7.33. The Balaban J connectivity index is 1.89. The smallest absolute Gasteiger partial charge is 0.305 e. The lowest BCUT2D eigenvalue weighted by Gasteiger charge is -2.22. The number of carbonyl (C=O) groups is 1. The third-order valence-corrected chi connectivity index (χ3v) is 2.75. The molecule has 1 fully saturated rings. The van der Waals surface area contributed by atoms with Crippen LogP contribution in [0.15, 0.2) is 0 Å². The van der Waals surface area contributed by atoms with Gasteiger partial charge in [0.25, 0.3) is 0 Å². The molecule has 0 saturated carbocycles. The summed E-state index contributed by atoms with van der Waals surface area (Å²) in [6.07, 6.45) is 7.83. The van der Waals surface area contributed by atoms with Crippen molar-refractivity contribution in [1.29, 1.82) is 0 Å². The van der Waals surface area contributed by atoms with Gasteiger partial charge in [0, 0.05) is 13.0 Å². The zero-order valence-corrected chi connectivity index (χ0v) is 9.67. The fourth-order valence-corrected chi connectivity index (χ4v) is 1.80. The first-order valence-corrected chi connectivity index (χ1v) is 6.10. The minimum absolute atomic E-state index is 0.0936. The number of rotatable bonds is 6. The molecule has 1 atom stereocenters. The van der Waals surface area contributed by atoms with Crippen molar-refractivity contribution in [2.24, 2.45) is 0 Å². The number of carbonyl (C=O) groups excluding carboxylic acids is 1.